The molecule has 5 N–H and O–H groups in total. The lowest BCUT2D eigenvalue weighted by atomic mass is 10.0. The van der Waals surface area contributed by atoms with E-state index in [1.54, 1.807) is 0 Å². The molecular formula is C16H12N2O9. The van der Waals surface area contributed by atoms with Crippen molar-refractivity contribution in [3.05, 3.63) is 33.8 Å². The van der Waals surface area contributed by atoms with Gasteiger partial charge in [0.15, 0.2) is 17.2 Å². The van der Waals surface area contributed by atoms with Crippen LogP contribution in [0.15, 0.2) is 11.8 Å². The van der Waals surface area contributed by atoms with Gasteiger partial charge in [-0.15, -0.1) is 0 Å². The summed E-state index contributed by atoms with van der Waals surface area (Å²) in [6, 6.07) is 0.722. The first-order chi connectivity index (χ1) is 12.7. The molecule has 1 unspecified atom stereocenters. The molecule has 2 heterocycles. The monoisotopic (exact) mass is 376 g/mol. The fraction of sp³-hybridized carbons (Fsp3) is 0.125. The van der Waals surface area contributed by atoms with E-state index in [0.717, 1.165) is 12.1 Å². The number of hydrogen-bond acceptors (Lipinski definition) is 8. The van der Waals surface area contributed by atoms with Crippen molar-refractivity contribution in [3.63, 3.8) is 0 Å². The van der Waals surface area contributed by atoms with Crippen LogP contribution in [0.5, 0.6) is 11.5 Å². The second-order valence-electron chi connectivity index (χ2n) is 5.48. The number of hydroxylamine groups is 1. The molecule has 1 aliphatic rings. The van der Waals surface area contributed by atoms with E-state index in [1.807, 2.05) is 0 Å². The number of nitrogens with one attached hydrogen (secondary N) is 1. The number of quaternary nitrogens is 1. The average molecular weight is 376 g/mol. The highest BCUT2D eigenvalue weighted by atomic mass is 16.5. The first-order valence-corrected chi connectivity index (χ1v) is 7.51. The van der Waals surface area contributed by atoms with E-state index in [4.69, 9.17) is 9.84 Å². The van der Waals surface area contributed by atoms with Gasteiger partial charge in [-0.3, -0.25) is 0 Å². The van der Waals surface area contributed by atoms with Gasteiger partial charge < -0.3 is 35.4 Å². The number of rotatable bonds is 4. The first-order valence-electron chi connectivity index (χ1n) is 7.51. The number of carbonyl (C=O) groups excluding carboxylic acids is 1. The molecule has 1 aromatic carbocycles. The second kappa shape index (κ2) is 6.23. The molecule has 0 saturated carbocycles. The Kier molecular flexibility index (Phi) is 4.18. The van der Waals surface area contributed by atoms with Crippen LogP contribution in [0.4, 0.5) is 5.69 Å². The van der Waals surface area contributed by atoms with E-state index >= 15 is 0 Å². The van der Waals surface area contributed by atoms with E-state index in [1.165, 1.54) is 6.92 Å². The fourth-order valence-corrected chi connectivity index (χ4v) is 2.82. The van der Waals surface area contributed by atoms with Crippen LogP contribution in [-0.4, -0.2) is 49.9 Å². The Bertz CT molecular complexity index is 1060. The number of benzene rings is 1. The number of fused-ring (bicyclic) bond motifs is 3. The quantitative estimate of drug-likeness (QED) is 0.210. The van der Waals surface area contributed by atoms with Crippen LogP contribution >= 0.6 is 0 Å². The van der Waals surface area contributed by atoms with Crippen LogP contribution in [0, 0.1) is 5.21 Å². The minimum absolute atomic E-state index is 0.0261. The normalized spacial score (nSPS) is 15.3. The molecule has 1 aromatic heterocycles. The van der Waals surface area contributed by atoms with Crippen molar-refractivity contribution in [1.29, 1.82) is 0 Å². The number of pyridine rings is 1. The van der Waals surface area contributed by atoms with Gasteiger partial charge in [0.2, 0.25) is 5.70 Å². The number of aromatic carboxylic acids is 2. The Morgan fingerprint density at radius 1 is 1.19 bits per heavy atom. The number of carboxylic acids is 2. The van der Waals surface area contributed by atoms with Gasteiger partial charge in [0.05, 0.1) is 23.1 Å². The zero-order chi connectivity index (χ0) is 20.0. The van der Waals surface area contributed by atoms with Crippen molar-refractivity contribution in [2.75, 3.05) is 6.61 Å². The number of esters is 1. The molecule has 11 nitrogen and oxygen atoms in total. The molecule has 27 heavy (non-hydrogen) atoms. The zero-order valence-electron chi connectivity index (χ0n) is 13.6. The highest BCUT2D eigenvalue weighted by Gasteiger charge is 2.37. The predicted molar refractivity (Wildman–Crippen MR) is 87.6 cm³/mol. The minimum Gasteiger partial charge on any atom is -0.623 e. The number of phenols is 2. The summed E-state index contributed by atoms with van der Waals surface area (Å²) in [5, 5.41) is 50.3. The lowest BCUT2D eigenvalue weighted by Crippen LogP contribution is -3.00. The molecule has 140 valence electrons. The minimum atomic E-state index is -1.59. The second-order valence-corrected chi connectivity index (χ2v) is 5.48. The van der Waals surface area contributed by atoms with Crippen molar-refractivity contribution in [1.82, 2.24) is 4.98 Å². The number of aromatic nitrogens is 1. The van der Waals surface area contributed by atoms with E-state index < -0.39 is 62.3 Å². The van der Waals surface area contributed by atoms with Crippen molar-refractivity contribution in [2.24, 2.45) is 0 Å². The number of nitrogens with zero attached hydrogens (tertiary/aromatic N) is 1. The molecule has 2 aromatic rings. The largest absolute Gasteiger partial charge is 0.623 e. The Hall–Kier alpha value is -3.70. The summed E-state index contributed by atoms with van der Waals surface area (Å²) in [4.78, 5) is 38.4. The lowest BCUT2D eigenvalue weighted by molar-refractivity contribution is -0.721. The van der Waals surface area contributed by atoms with E-state index in [0.29, 0.717) is 0 Å². The SMILES string of the molecule is CCOC(=O)C1=Cc2c(O)c(O)c3nc(C(=O)O)cc(C(=O)O)c3c2[NH+]1[O-]. The van der Waals surface area contributed by atoms with Gasteiger partial charge in [-0.1, -0.05) is 0 Å². The van der Waals surface area contributed by atoms with Crippen LogP contribution in [0.1, 0.15) is 33.3 Å². The highest BCUT2D eigenvalue weighted by Crippen LogP contribution is 2.45. The number of carboxylic acid groups (broad SMARTS) is 2. The first kappa shape index (κ1) is 18.1. The Balaban J connectivity index is 2.41. The Morgan fingerprint density at radius 2 is 1.85 bits per heavy atom. The molecule has 0 aliphatic carbocycles. The standard InChI is InChI=1S/C16H12N2O9/c1-2-27-16(25)8-4-6-11(18(8)26)9-5(14(21)22)3-7(15(23)24)17-10(9)13(20)12(6)19/h3-4,18-20H,2H2,1H3,(H,21,22)(H,23,24). The number of carbonyl (C=O) groups is 3. The summed E-state index contributed by atoms with van der Waals surface area (Å²) < 4.78 is 4.76. The summed E-state index contributed by atoms with van der Waals surface area (Å²) in [5.41, 5.74) is -3.05. The Labute approximate surface area is 149 Å². The zero-order valence-corrected chi connectivity index (χ0v) is 13.6. The maximum absolute atomic E-state index is 12.7. The van der Waals surface area contributed by atoms with Gasteiger partial charge in [-0.25, -0.2) is 19.4 Å². The third kappa shape index (κ3) is 2.61. The van der Waals surface area contributed by atoms with Gasteiger partial charge in [0, 0.05) is 6.08 Å². The smallest absolute Gasteiger partial charge is 0.393 e. The molecule has 1 aliphatic heterocycles. The van der Waals surface area contributed by atoms with Gasteiger partial charge in [0.25, 0.3) is 0 Å². The van der Waals surface area contributed by atoms with Crippen LogP contribution in [0.25, 0.3) is 17.0 Å². The highest BCUT2D eigenvalue weighted by molar-refractivity contribution is 6.13. The summed E-state index contributed by atoms with van der Waals surface area (Å²) >= 11 is 0. The van der Waals surface area contributed by atoms with Crippen molar-refractivity contribution in [2.45, 2.75) is 6.92 Å². The topological polar surface area (TPSA) is 182 Å². The third-order valence-corrected chi connectivity index (χ3v) is 3.95. The molecular weight excluding hydrogens is 364 g/mol. The maximum atomic E-state index is 12.7. The number of phenolic OH excluding ortho intramolecular Hbond substituents is 2. The molecule has 0 radical (unpaired) electrons. The molecule has 0 amide bonds. The molecule has 11 heteroatoms. The van der Waals surface area contributed by atoms with Gasteiger partial charge in [0.1, 0.15) is 11.2 Å². The number of ether oxygens (including phenoxy) is 1. The molecule has 0 spiro atoms. The fourth-order valence-electron chi connectivity index (χ4n) is 2.82. The van der Waals surface area contributed by atoms with E-state index in [2.05, 4.69) is 4.98 Å². The van der Waals surface area contributed by atoms with Gasteiger partial charge in [-0.05, 0) is 13.0 Å². The molecule has 1 atom stereocenters. The summed E-state index contributed by atoms with van der Waals surface area (Å²) in [7, 11) is 0. The Morgan fingerprint density at radius 3 is 2.41 bits per heavy atom. The van der Waals surface area contributed by atoms with E-state index in [-0.39, 0.29) is 17.9 Å². The molecule has 0 fully saturated rings. The van der Waals surface area contributed by atoms with Gasteiger partial charge >= 0.3 is 17.9 Å². The van der Waals surface area contributed by atoms with Crippen molar-refractivity contribution < 1.29 is 44.6 Å². The summed E-state index contributed by atoms with van der Waals surface area (Å²) in [5.74, 6) is -5.90. The number of hydrogen-bond donors (Lipinski definition) is 5. The van der Waals surface area contributed by atoms with Crippen molar-refractivity contribution in [3.8, 4) is 11.5 Å². The van der Waals surface area contributed by atoms with E-state index in [9.17, 15) is 34.9 Å². The van der Waals surface area contributed by atoms with Crippen LogP contribution in [-0.2, 0) is 9.53 Å². The molecule has 0 saturated heterocycles. The third-order valence-electron chi connectivity index (χ3n) is 3.95. The average Bonchev–Trinajstić information content (AvgIpc) is 2.96. The summed E-state index contributed by atoms with van der Waals surface area (Å²) in [6.07, 6.45) is 0.973. The lowest BCUT2D eigenvalue weighted by Gasteiger charge is -2.21. The summed E-state index contributed by atoms with van der Waals surface area (Å²) in [6.45, 7) is 1.49. The van der Waals surface area contributed by atoms with Crippen LogP contribution < -0.4 is 5.06 Å². The number of aromatic hydroxyl groups is 2. The molecule has 3 rings (SSSR count). The van der Waals surface area contributed by atoms with Gasteiger partial charge in [-0.2, -0.15) is 0 Å². The molecule has 0 bridgehead atoms. The predicted octanol–water partition coefficient (Wildman–Crippen LogP) is -0.0258. The van der Waals surface area contributed by atoms with Crippen molar-refractivity contribution >= 4 is 40.6 Å². The van der Waals surface area contributed by atoms with Crippen LogP contribution in [0.2, 0.25) is 0 Å². The van der Waals surface area contributed by atoms with Crippen LogP contribution in [0.3, 0.4) is 0 Å². The maximum Gasteiger partial charge on any atom is 0.393 e.